The van der Waals surface area contributed by atoms with Crippen LogP contribution in [-0.2, 0) is 6.42 Å². The first-order chi connectivity index (χ1) is 11.0. The fourth-order valence-electron chi connectivity index (χ4n) is 2.29. The molecule has 0 spiro atoms. The van der Waals surface area contributed by atoms with Gasteiger partial charge in [-0.05, 0) is 23.6 Å². The van der Waals surface area contributed by atoms with Crippen molar-refractivity contribution in [3.63, 3.8) is 0 Å². The Bertz CT molecular complexity index is 781. The van der Waals surface area contributed by atoms with Gasteiger partial charge in [-0.2, -0.15) is 0 Å². The normalized spacial score (nSPS) is 13.3. The molecule has 1 aromatic heterocycles. The van der Waals surface area contributed by atoms with Crippen molar-refractivity contribution >= 4 is 0 Å². The molecule has 0 amide bonds. The van der Waals surface area contributed by atoms with Gasteiger partial charge in [-0.1, -0.05) is 67.5 Å². The molecule has 0 fully saturated rings. The molecule has 3 rings (SSSR count). The topological polar surface area (TPSA) is 12.9 Å². The van der Waals surface area contributed by atoms with E-state index in [2.05, 4.69) is 4.98 Å². The molecule has 1 heteroatoms. The van der Waals surface area contributed by atoms with Gasteiger partial charge < -0.3 is 0 Å². The summed E-state index contributed by atoms with van der Waals surface area (Å²) in [5.74, 6) is 0. The van der Waals surface area contributed by atoms with E-state index >= 15 is 0 Å². The average Bonchev–Trinajstić information content (AvgIpc) is 2.55. The van der Waals surface area contributed by atoms with Crippen LogP contribution in [0.5, 0.6) is 0 Å². The SMILES string of the molecule is [2H]C([2H])([2H])Cc1cc(-c2ccccc2)ncc1-c1ccccc1. The third kappa shape index (κ3) is 2.48. The lowest BCUT2D eigenvalue weighted by Gasteiger charge is -2.10. The van der Waals surface area contributed by atoms with Crippen LogP contribution in [0.3, 0.4) is 0 Å². The Morgan fingerprint density at radius 3 is 2.20 bits per heavy atom. The van der Waals surface area contributed by atoms with Crippen LogP contribution >= 0.6 is 0 Å². The maximum absolute atomic E-state index is 7.62. The summed E-state index contributed by atoms with van der Waals surface area (Å²) in [5, 5.41) is 0. The second-order valence-corrected chi connectivity index (χ2v) is 4.64. The lowest BCUT2D eigenvalue weighted by atomic mass is 9.98. The van der Waals surface area contributed by atoms with E-state index in [0.29, 0.717) is 0 Å². The van der Waals surface area contributed by atoms with Crippen molar-refractivity contribution in [3.8, 4) is 22.4 Å². The second kappa shape index (κ2) is 5.70. The number of hydrogen-bond donors (Lipinski definition) is 0. The first-order valence-electron chi connectivity index (χ1n) is 8.13. The summed E-state index contributed by atoms with van der Waals surface area (Å²) in [5.41, 5.74) is 4.44. The molecular formula is C19H17N. The van der Waals surface area contributed by atoms with E-state index in [4.69, 9.17) is 4.11 Å². The molecule has 98 valence electrons. The largest absolute Gasteiger partial charge is 0.256 e. The van der Waals surface area contributed by atoms with Gasteiger partial charge in [0, 0.05) is 21.4 Å². The predicted octanol–water partition coefficient (Wildman–Crippen LogP) is 4.98. The van der Waals surface area contributed by atoms with Gasteiger partial charge in [-0.15, -0.1) is 0 Å². The minimum atomic E-state index is -2.02. The summed E-state index contributed by atoms with van der Waals surface area (Å²) >= 11 is 0. The Labute approximate surface area is 124 Å². The molecule has 0 bridgehead atoms. The van der Waals surface area contributed by atoms with Crippen molar-refractivity contribution in [3.05, 3.63) is 78.5 Å². The Hall–Kier alpha value is -2.41. The molecule has 0 aliphatic heterocycles. The van der Waals surface area contributed by atoms with Crippen molar-refractivity contribution < 1.29 is 4.11 Å². The van der Waals surface area contributed by atoms with E-state index < -0.39 is 6.85 Å². The van der Waals surface area contributed by atoms with Crippen molar-refractivity contribution in [1.29, 1.82) is 0 Å². The molecule has 1 heterocycles. The number of nitrogens with zero attached hydrogens (tertiary/aromatic N) is 1. The summed E-state index contributed by atoms with van der Waals surface area (Å²) in [4.78, 5) is 4.53. The Morgan fingerprint density at radius 1 is 0.900 bits per heavy atom. The van der Waals surface area contributed by atoms with Crippen LogP contribution in [0.25, 0.3) is 22.4 Å². The molecule has 20 heavy (non-hydrogen) atoms. The van der Waals surface area contributed by atoms with Crippen LogP contribution in [0, 0.1) is 0 Å². The smallest absolute Gasteiger partial charge is 0.0705 e. The van der Waals surface area contributed by atoms with Crippen LogP contribution < -0.4 is 0 Å². The van der Waals surface area contributed by atoms with Gasteiger partial charge >= 0.3 is 0 Å². The molecule has 0 radical (unpaired) electrons. The Kier molecular flexibility index (Phi) is 2.71. The van der Waals surface area contributed by atoms with Crippen molar-refractivity contribution in [1.82, 2.24) is 4.98 Å². The number of aromatic nitrogens is 1. The number of benzene rings is 2. The Balaban J connectivity index is 2.10. The minimum absolute atomic E-state index is 0.0274. The fraction of sp³-hybridized carbons (Fsp3) is 0.105. The molecule has 0 unspecified atom stereocenters. The van der Waals surface area contributed by atoms with Crippen LogP contribution in [0.15, 0.2) is 72.9 Å². The lowest BCUT2D eigenvalue weighted by Crippen LogP contribution is -1.92. The van der Waals surface area contributed by atoms with Gasteiger partial charge in [0.25, 0.3) is 0 Å². The molecule has 1 nitrogen and oxygen atoms in total. The van der Waals surface area contributed by atoms with Crippen molar-refractivity contribution in [2.75, 3.05) is 0 Å². The van der Waals surface area contributed by atoms with Gasteiger partial charge in [-0.25, -0.2) is 0 Å². The molecular weight excluding hydrogens is 242 g/mol. The molecule has 3 aromatic rings. The van der Waals surface area contributed by atoms with E-state index in [1.165, 1.54) is 0 Å². The predicted molar refractivity (Wildman–Crippen MR) is 84.5 cm³/mol. The van der Waals surface area contributed by atoms with E-state index in [-0.39, 0.29) is 6.42 Å². The summed E-state index contributed by atoms with van der Waals surface area (Å²) in [6.45, 7) is -2.02. The van der Waals surface area contributed by atoms with E-state index in [0.717, 1.165) is 27.9 Å². The molecule has 0 aliphatic rings. The molecule has 0 saturated carbocycles. The van der Waals surface area contributed by atoms with E-state index in [1.54, 1.807) is 6.20 Å². The standard InChI is InChI=1S/C19H17N/c1-2-15-13-19(17-11-7-4-8-12-17)20-14-18(15)16-9-5-3-6-10-16/h3-14H,2H2,1H3/i1D3. The molecule has 0 saturated heterocycles. The third-order valence-corrected chi connectivity index (χ3v) is 3.33. The summed E-state index contributed by atoms with van der Waals surface area (Å²) in [7, 11) is 0. The third-order valence-electron chi connectivity index (χ3n) is 3.33. The first kappa shape index (κ1) is 9.49. The van der Waals surface area contributed by atoms with Gasteiger partial charge in [0.15, 0.2) is 0 Å². The molecule has 0 aliphatic carbocycles. The van der Waals surface area contributed by atoms with Crippen LogP contribution in [0.4, 0.5) is 0 Å². The van der Waals surface area contributed by atoms with Gasteiger partial charge in [0.05, 0.1) is 5.69 Å². The maximum Gasteiger partial charge on any atom is 0.0705 e. The highest BCUT2D eigenvalue weighted by molar-refractivity contribution is 5.70. The minimum Gasteiger partial charge on any atom is -0.256 e. The highest BCUT2D eigenvalue weighted by atomic mass is 14.7. The van der Waals surface area contributed by atoms with Crippen LogP contribution in [0.2, 0.25) is 0 Å². The number of hydrogen-bond acceptors (Lipinski definition) is 1. The van der Waals surface area contributed by atoms with Gasteiger partial charge in [0.2, 0.25) is 0 Å². The zero-order valence-corrected chi connectivity index (χ0v) is 11.1. The zero-order chi connectivity index (χ0) is 16.3. The lowest BCUT2D eigenvalue weighted by molar-refractivity contribution is 1.12. The Morgan fingerprint density at radius 2 is 1.55 bits per heavy atom. The second-order valence-electron chi connectivity index (χ2n) is 4.64. The van der Waals surface area contributed by atoms with Crippen LogP contribution in [-0.4, -0.2) is 4.98 Å². The average molecular weight is 262 g/mol. The zero-order valence-electron chi connectivity index (χ0n) is 14.1. The van der Waals surface area contributed by atoms with Gasteiger partial charge in [0.1, 0.15) is 0 Å². The van der Waals surface area contributed by atoms with Crippen LogP contribution in [0.1, 0.15) is 16.5 Å². The number of rotatable bonds is 3. The highest BCUT2D eigenvalue weighted by Crippen LogP contribution is 2.27. The molecule has 0 N–H and O–H groups in total. The molecule has 2 aromatic carbocycles. The van der Waals surface area contributed by atoms with Gasteiger partial charge in [-0.3, -0.25) is 4.98 Å². The monoisotopic (exact) mass is 262 g/mol. The molecule has 0 atom stereocenters. The van der Waals surface area contributed by atoms with E-state index in [9.17, 15) is 0 Å². The highest BCUT2D eigenvalue weighted by Gasteiger charge is 2.07. The van der Waals surface area contributed by atoms with Crippen molar-refractivity contribution in [2.24, 2.45) is 0 Å². The van der Waals surface area contributed by atoms with Crippen molar-refractivity contribution in [2.45, 2.75) is 13.3 Å². The fourth-order valence-corrected chi connectivity index (χ4v) is 2.29. The summed E-state index contributed by atoms with van der Waals surface area (Å²) in [6.07, 6.45) is 1.80. The quantitative estimate of drug-likeness (QED) is 0.649. The summed E-state index contributed by atoms with van der Waals surface area (Å²) < 4.78 is 22.8. The maximum atomic E-state index is 7.62. The number of aryl methyl sites for hydroxylation is 1. The number of pyridine rings is 1. The summed E-state index contributed by atoms with van der Waals surface area (Å²) in [6, 6.07) is 21.5. The first-order valence-corrected chi connectivity index (χ1v) is 6.63. The van der Waals surface area contributed by atoms with E-state index in [1.807, 2.05) is 66.7 Å².